The predicted octanol–water partition coefficient (Wildman–Crippen LogP) is -4.27. The van der Waals surface area contributed by atoms with Crippen LogP contribution in [-0.4, -0.2) is 76.8 Å². The summed E-state index contributed by atoms with van der Waals surface area (Å²) in [5, 5.41) is 71.1. The Labute approximate surface area is 197 Å². The third-order valence-corrected chi connectivity index (χ3v) is 1.99. The fourth-order valence-corrected chi connectivity index (χ4v) is 0.577. The first-order valence-corrected chi connectivity index (χ1v) is 9.62. The minimum Gasteiger partial charge on any atom is -0.857 e. The van der Waals surface area contributed by atoms with Crippen LogP contribution in [0.3, 0.4) is 0 Å². The summed E-state index contributed by atoms with van der Waals surface area (Å²) in [5.41, 5.74) is 0. The van der Waals surface area contributed by atoms with Crippen LogP contribution in [0.25, 0.3) is 0 Å². The van der Waals surface area contributed by atoms with Crippen molar-refractivity contribution in [3.05, 3.63) is 0 Å². The third kappa shape index (κ3) is 314. The predicted molar refractivity (Wildman–Crippen MR) is 114 cm³/mol. The van der Waals surface area contributed by atoms with E-state index in [-0.39, 0.29) is 48.4 Å². The molecule has 0 heterocycles. The van der Waals surface area contributed by atoms with Crippen molar-refractivity contribution in [3.8, 4) is 0 Å². The van der Waals surface area contributed by atoms with E-state index in [1.54, 1.807) is 0 Å². The van der Waals surface area contributed by atoms with Crippen LogP contribution in [0.5, 0.6) is 0 Å². The van der Waals surface area contributed by atoms with Crippen molar-refractivity contribution < 1.29 is 40.9 Å². The van der Waals surface area contributed by atoms with E-state index in [0.29, 0.717) is 0 Å². The van der Waals surface area contributed by atoms with Crippen LogP contribution < -0.4 is 40.9 Å². The first-order chi connectivity index (χ1) is 13.7. The number of unbranched alkanes of at least 4 members (excludes halogenated alkanes) is 4. The van der Waals surface area contributed by atoms with Crippen LogP contribution in [0.15, 0.2) is 0 Å². The molecule has 0 saturated heterocycles. The second-order valence-electron chi connectivity index (χ2n) is 4.23. The van der Waals surface area contributed by atoms with Gasteiger partial charge in [0.25, 0.3) is 0 Å². The molecule has 0 bridgehead atoms. The van der Waals surface area contributed by atoms with E-state index < -0.39 is 0 Å². The van der Waals surface area contributed by atoms with E-state index in [1.165, 1.54) is 0 Å². The maximum Gasteiger partial charge on any atom is 4.00 e. The summed E-state index contributed by atoms with van der Waals surface area (Å²) in [6.07, 6.45) is 7.46. The molecule has 0 aliphatic heterocycles. The van der Waals surface area contributed by atoms with Crippen molar-refractivity contribution in [2.45, 2.75) is 79.1 Å². The Morgan fingerprint density at radius 3 is 0.433 bits per heavy atom. The van der Waals surface area contributed by atoms with Gasteiger partial charge in [-0.3, -0.25) is 0 Å². The van der Waals surface area contributed by atoms with Crippen molar-refractivity contribution in [1.82, 2.24) is 0 Å². The Hall–Kier alpha value is 0.114. The smallest absolute Gasteiger partial charge is 0.857 e. The van der Waals surface area contributed by atoms with Crippen LogP contribution >= 0.6 is 0 Å². The molecule has 0 rings (SSSR count). The molecule has 0 aliphatic carbocycles. The van der Waals surface area contributed by atoms with E-state index >= 15 is 0 Å². The number of hydrogen-bond acceptors (Lipinski definition) is 8. The van der Waals surface area contributed by atoms with Crippen LogP contribution in [-0.2, 0) is 0 Å². The van der Waals surface area contributed by atoms with E-state index in [0.717, 1.165) is 79.8 Å². The molecule has 0 aromatic rings. The Morgan fingerprint density at radius 2 is 0.433 bits per heavy atom. The van der Waals surface area contributed by atoms with Crippen LogP contribution in [0, 0.1) is 0 Å². The van der Waals surface area contributed by atoms with Crippen molar-refractivity contribution in [1.29, 1.82) is 0 Å². The first-order valence-electron chi connectivity index (χ1n) is 9.62. The monoisotopic (exact) mass is 472 g/mol. The molecule has 0 saturated carbocycles. The topological polar surface area (TPSA) is 184 Å². The molecule has 30 heavy (non-hydrogen) atoms. The molecule has 0 aromatic carbocycles. The molecule has 0 aromatic heterocycles. The summed E-state index contributed by atoms with van der Waals surface area (Å²) in [7, 11) is 3.00. The van der Waals surface area contributed by atoms with Gasteiger partial charge in [0.15, 0.2) is 0 Å². The van der Waals surface area contributed by atoms with E-state index in [4.69, 9.17) is 20.4 Å². The van der Waals surface area contributed by atoms with Gasteiger partial charge in [-0.15, -0.1) is 26.4 Å². The van der Waals surface area contributed by atoms with Crippen LogP contribution in [0.2, 0.25) is 0 Å². The van der Waals surface area contributed by atoms with E-state index in [2.05, 4.69) is 0 Å². The molecule has 0 aliphatic rings. The molecule has 184 valence electrons. The van der Waals surface area contributed by atoms with Crippen LogP contribution in [0.1, 0.15) is 79.1 Å². The zero-order valence-electron chi connectivity index (χ0n) is 20.8. The van der Waals surface area contributed by atoms with Crippen LogP contribution in [0.4, 0.5) is 0 Å². The quantitative estimate of drug-likeness (QED) is 0.318. The summed E-state index contributed by atoms with van der Waals surface area (Å²) < 4.78 is 0. The minimum atomic E-state index is 0. The SMILES string of the molecule is CCCC[O-].CCCC[O-].CCCC[O-].CCCC[O-].C[O-].C[O-].C[O-].C[O-].[Si+4].[Si+4]. The second kappa shape index (κ2) is 157. The van der Waals surface area contributed by atoms with Gasteiger partial charge in [0.1, 0.15) is 0 Å². The third-order valence-electron chi connectivity index (χ3n) is 1.99. The zero-order valence-corrected chi connectivity index (χ0v) is 22.8. The summed E-state index contributed by atoms with van der Waals surface area (Å²) in [4.78, 5) is 0. The maximum atomic E-state index is 9.53. The summed E-state index contributed by atoms with van der Waals surface area (Å²) in [6.45, 7) is 8.42. The minimum absolute atomic E-state index is 0. The summed E-state index contributed by atoms with van der Waals surface area (Å²) in [5.74, 6) is 0. The average molecular weight is 473 g/mol. The molecular weight excluding hydrogens is 424 g/mol. The van der Waals surface area contributed by atoms with Crippen molar-refractivity contribution in [2.24, 2.45) is 0 Å². The largest absolute Gasteiger partial charge is 4.00 e. The fourth-order valence-electron chi connectivity index (χ4n) is 0.577. The molecule has 8 nitrogen and oxygen atoms in total. The average Bonchev–Trinajstić information content (AvgIpc) is 2.77. The van der Waals surface area contributed by atoms with Gasteiger partial charge in [-0.1, -0.05) is 79.1 Å². The Kier molecular flexibility index (Phi) is 330. The summed E-state index contributed by atoms with van der Waals surface area (Å²) in [6, 6.07) is 0. The zero-order chi connectivity index (χ0) is 24.5. The van der Waals surface area contributed by atoms with Crippen molar-refractivity contribution in [2.75, 3.05) is 54.9 Å². The first kappa shape index (κ1) is 63.1. The van der Waals surface area contributed by atoms with E-state index in [9.17, 15) is 20.4 Å². The fraction of sp³-hybridized carbons (Fsp3) is 1.00. The van der Waals surface area contributed by atoms with Gasteiger partial charge >= 0.3 is 21.9 Å². The Bertz CT molecular complexity index is 88.8. The molecule has 0 spiro atoms. The Balaban J connectivity index is -0.0000000196. The van der Waals surface area contributed by atoms with Gasteiger partial charge in [-0.2, -0.15) is 28.4 Å². The normalized spacial score (nSPS) is 6.40. The van der Waals surface area contributed by atoms with Gasteiger partial charge in [-0.25, -0.2) is 0 Å². The van der Waals surface area contributed by atoms with Crippen molar-refractivity contribution in [3.63, 3.8) is 0 Å². The molecule has 0 radical (unpaired) electrons. The number of hydrogen-bond donors (Lipinski definition) is 0. The molecule has 10 heteroatoms. The number of rotatable bonds is 8. The second-order valence-corrected chi connectivity index (χ2v) is 4.23. The Morgan fingerprint density at radius 1 is 0.333 bits per heavy atom. The molecule has 0 unspecified atom stereocenters. The maximum absolute atomic E-state index is 9.53. The van der Waals surface area contributed by atoms with Gasteiger partial charge in [0, 0.05) is 0 Å². The molecule has 0 fully saturated rings. The summed E-state index contributed by atoms with van der Waals surface area (Å²) >= 11 is 0. The molecule has 0 atom stereocenters. The van der Waals surface area contributed by atoms with Gasteiger partial charge in [0.05, 0.1) is 0 Å². The molecular formula is C20H48O8Si2. The van der Waals surface area contributed by atoms with Crippen molar-refractivity contribution >= 4 is 21.9 Å². The molecule has 0 N–H and O–H groups in total. The van der Waals surface area contributed by atoms with Gasteiger partial charge < -0.3 is 40.9 Å². The van der Waals surface area contributed by atoms with Gasteiger partial charge in [-0.05, 0) is 0 Å². The van der Waals surface area contributed by atoms with E-state index in [1.807, 2.05) is 27.7 Å². The standard InChI is InChI=1S/4C4H9O.4CH3O.2Si/c4*1-2-3-4-5;4*1-2;;/h4*2-4H2,1H3;4*1H3;;/q8*-1;2*+4. The molecule has 0 amide bonds. The van der Waals surface area contributed by atoms with Gasteiger partial charge in [0.2, 0.25) is 0 Å².